The van der Waals surface area contributed by atoms with Crippen molar-refractivity contribution in [3.63, 3.8) is 0 Å². The average Bonchev–Trinajstić information content (AvgIpc) is 2.48. The number of likely N-dealkylation sites (tertiary alicyclic amines) is 1. The highest BCUT2D eigenvalue weighted by Crippen LogP contribution is 2.24. The monoisotopic (exact) mass is 276 g/mol. The van der Waals surface area contributed by atoms with E-state index >= 15 is 0 Å². The van der Waals surface area contributed by atoms with Crippen molar-refractivity contribution in [1.82, 2.24) is 4.90 Å². The summed E-state index contributed by atoms with van der Waals surface area (Å²) >= 11 is 0. The van der Waals surface area contributed by atoms with Crippen molar-refractivity contribution in [3.8, 4) is 5.75 Å². The zero-order valence-electron chi connectivity index (χ0n) is 12.4. The zero-order chi connectivity index (χ0) is 14.5. The number of benzene rings is 1. The number of carbonyl (C=O) groups excluding carboxylic acids is 1. The molecule has 1 fully saturated rings. The van der Waals surface area contributed by atoms with Crippen LogP contribution in [-0.4, -0.2) is 37.0 Å². The summed E-state index contributed by atoms with van der Waals surface area (Å²) < 4.78 is 5.31. The Morgan fingerprint density at radius 2 is 2.25 bits per heavy atom. The van der Waals surface area contributed by atoms with E-state index in [4.69, 9.17) is 10.5 Å². The summed E-state index contributed by atoms with van der Waals surface area (Å²) in [6, 6.07) is 5.95. The molecule has 0 aliphatic carbocycles. The van der Waals surface area contributed by atoms with Crippen molar-refractivity contribution < 1.29 is 9.53 Å². The molecular formula is C16H24N2O2. The lowest BCUT2D eigenvalue weighted by atomic mass is 9.98. The van der Waals surface area contributed by atoms with E-state index in [0.717, 1.165) is 37.1 Å². The SMILES string of the molecule is COc1cc(C(=O)N2CCCCC2CCN)ccc1C. The maximum atomic E-state index is 12.7. The fourth-order valence-corrected chi connectivity index (χ4v) is 2.88. The van der Waals surface area contributed by atoms with Crippen LogP contribution in [0.2, 0.25) is 0 Å². The van der Waals surface area contributed by atoms with Gasteiger partial charge in [0, 0.05) is 18.2 Å². The Kier molecular flexibility index (Phi) is 5.01. The molecule has 0 spiro atoms. The van der Waals surface area contributed by atoms with Gasteiger partial charge in [0.1, 0.15) is 5.75 Å². The Morgan fingerprint density at radius 1 is 1.45 bits per heavy atom. The highest BCUT2D eigenvalue weighted by Gasteiger charge is 2.27. The molecular weight excluding hydrogens is 252 g/mol. The van der Waals surface area contributed by atoms with Crippen LogP contribution in [0.5, 0.6) is 5.75 Å². The van der Waals surface area contributed by atoms with Crippen LogP contribution in [0.1, 0.15) is 41.6 Å². The number of hydrogen-bond acceptors (Lipinski definition) is 3. The molecule has 0 aromatic heterocycles. The van der Waals surface area contributed by atoms with Crippen LogP contribution in [-0.2, 0) is 0 Å². The number of nitrogens with two attached hydrogens (primary N) is 1. The lowest BCUT2D eigenvalue weighted by Gasteiger charge is -2.35. The molecule has 1 amide bonds. The van der Waals surface area contributed by atoms with Crippen LogP contribution in [0.15, 0.2) is 18.2 Å². The van der Waals surface area contributed by atoms with Gasteiger partial charge in [-0.25, -0.2) is 0 Å². The molecule has 0 radical (unpaired) electrons. The minimum Gasteiger partial charge on any atom is -0.496 e. The molecule has 1 aliphatic rings. The summed E-state index contributed by atoms with van der Waals surface area (Å²) in [5, 5.41) is 0. The van der Waals surface area contributed by atoms with Crippen molar-refractivity contribution in [2.45, 2.75) is 38.6 Å². The lowest BCUT2D eigenvalue weighted by Crippen LogP contribution is -2.44. The summed E-state index contributed by atoms with van der Waals surface area (Å²) in [6.45, 7) is 3.44. The average molecular weight is 276 g/mol. The Morgan fingerprint density at radius 3 is 2.95 bits per heavy atom. The van der Waals surface area contributed by atoms with E-state index in [9.17, 15) is 4.79 Å². The maximum Gasteiger partial charge on any atom is 0.254 e. The smallest absolute Gasteiger partial charge is 0.254 e. The fraction of sp³-hybridized carbons (Fsp3) is 0.562. The molecule has 4 heteroatoms. The number of hydrogen-bond donors (Lipinski definition) is 1. The van der Waals surface area contributed by atoms with Gasteiger partial charge in [0.2, 0.25) is 0 Å². The Labute approximate surface area is 120 Å². The van der Waals surface area contributed by atoms with Crippen molar-refractivity contribution in [1.29, 1.82) is 0 Å². The zero-order valence-corrected chi connectivity index (χ0v) is 12.4. The highest BCUT2D eigenvalue weighted by atomic mass is 16.5. The van der Waals surface area contributed by atoms with E-state index in [0.29, 0.717) is 12.1 Å². The summed E-state index contributed by atoms with van der Waals surface area (Å²) in [5.41, 5.74) is 7.42. The van der Waals surface area contributed by atoms with Crippen molar-refractivity contribution in [3.05, 3.63) is 29.3 Å². The lowest BCUT2D eigenvalue weighted by molar-refractivity contribution is 0.0604. The summed E-state index contributed by atoms with van der Waals surface area (Å²) in [5.74, 6) is 0.865. The topological polar surface area (TPSA) is 55.6 Å². The number of ether oxygens (including phenoxy) is 1. The number of piperidine rings is 1. The molecule has 2 N–H and O–H groups in total. The van der Waals surface area contributed by atoms with Gasteiger partial charge in [-0.15, -0.1) is 0 Å². The molecule has 20 heavy (non-hydrogen) atoms. The van der Waals surface area contributed by atoms with E-state index in [1.807, 2.05) is 30.0 Å². The molecule has 1 atom stereocenters. The van der Waals surface area contributed by atoms with Crippen LogP contribution in [0.3, 0.4) is 0 Å². The Hall–Kier alpha value is -1.55. The van der Waals surface area contributed by atoms with Gasteiger partial charge < -0.3 is 15.4 Å². The number of nitrogens with zero attached hydrogens (tertiary/aromatic N) is 1. The number of rotatable bonds is 4. The minimum absolute atomic E-state index is 0.0986. The van der Waals surface area contributed by atoms with Gasteiger partial charge in [-0.3, -0.25) is 4.79 Å². The van der Waals surface area contributed by atoms with Gasteiger partial charge >= 0.3 is 0 Å². The first-order valence-electron chi connectivity index (χ1n) is 7.33. The third kappa shape index (κ3) is 3.12. The van der Waals surface area contributed by atoms with E-state index in [1.54, 1.807) is 7.11 Å². The highest BCUT2D eigenvalue weighted by molar-refractivity contribution is 5.95. The fourth-order valence-electron chi connectivity index (χ4n) is 2.88. The first-order chi connectivity index (χ1) is 9.67. The largest absolute Gasteiger partial charge is 0.496 e. The molecule has 0 bridgehead atoms. The molecule has 1 heterocycles. The molecule has 1 saturated heterocycles. The van der Waals surface area contributed by atoms with E-state index in [-0.39, 0.29) is 11.9 Å². The quantitative estimate of drug-likeness (QED) is 0.918. The van der Waals surface area contributed by atoms with Crippen LogP contribution in [0.25, 0.3) is 0 Å². The van der Waals surface area contributed by atoms with Crippen molar-refractivity contribution in [2.24, 2.45) is 5.73 Å². The van der Waals surface area contributed by atoms with Crippen LogP contribution in [0.4, 0.5) is 0 Å². The molecule has 1 unspecified atom stereocenters. The van der Waals surface area contributed by atoms with E-state index in [2.05, 4.69) is 0 Å². The summed E-state index contributed by atoms with van der Waals surface area (Å²) in [4.78, 5) is 14.7. The molecule has 0 saturated carbocycles. The first-order valence-corrected chi connectivity index (χ1v) is 7.33. The molecule has 2 rings (SSSR count). The Bertz CT molecular complexity index is 472. The van der Waals surface area contributed by atoms with Gasteiger partial charge in [0.15, 0.2) is 0 Å². The predicted molar refractivity (Wildman–Crippen MR) is 80.1 cm³/mol. The minimum atomic E-state index is 0.0986. The third-order valence-electron chi connectivity index (χ3n) is 4.04. The normalized spacial score (nSPS) is 18.9. The van der Waals surface area contributed by atoms with E-state index < -0.39 is 0 Å². The molecule has 4 nitrogen and oxygen atoms in total. The Balaban J connectivity index is 2.20. The number of methoxy groups -OCH3 is 1. The van der Waals surface area contributed by atoms with Crippen LogP contribution < -0.4 is 10.5 Å². The van der Waals surface area contributed by atoms with Crippen molar-refractivity contribution >= 4 is 5.91 Å². The maximum absolute atomic E-state index is 12.7. The van der Waals surface area contributed by atoms with Crippen LogP contribution >= 0.6 is 0 Å². The summed E-state index contributed by atoms with van der Waals surface area (Å²) in [7, 11) is 1.63. The number of amides is 1. The second-order valence-corrected chi connectivity index (χ2v) is 5.41. The number of carbonyl (C=O) groups is 1. The molecule has 1 aromatic rings. The van der Waals surface area contributed by atoms with Gasteiger partial charge in [0.25, 0.3) is 5.91 Å². The second kappa shape index (κ2) is 6.75. The van der Waals surface area contributed by atoms with Gasteiger partial charge in [-0.05, 0) is 56.8 Å². The van der Waals surface area contributed by atoms with Gasteiger partial charge in [-0.1, -0.05) is 6.07 Å². The molecule has 1 aliphatic heterocycles. The van der Waals surface area contributed by atoms with Gasteiger partial charge in [-0.2, -0.15) is 0 Å². The van der Waals surface area contributed by atoms with Crippen molar-refractivity contribution in [2.75, 3.05) is 20.2 Å². The summed E-state index contributed by atoms with van der Waals surface area (Å²) in [6.07, 6.45) is 4.21. The van der Waals surface area contributed by atoms with E-state index in [1.165, 1.54) is 6.42 Å². The molecule has 1 aromatic carbocycles. The second-order valence-electron chi connectivity index (χ2n) is 5.41. The van der Waals surface area contributed by atoms with Crippen LogP contribution in [0, 0.1) is 6.92 Å². The standard InChI is InChI=1S/C16H24N2O2/c1-12-6-7-13(11-15(12)20-2)16(19)18-10-4-3-5-14(18)8-9-17/h6-7,11,14H,3-5,8-10,17H2,1-2H3. The molecule has 110 valence electrons. The first kappa shape index (κ1) is 14.9. The third-order valence-corrected chi connectivity index (χ3v) is 4.04. The van der Waals surface area contributed by atoms with Gasteiger partial charge in [0.05, 0.1) is 7.11 Å². The predicted octanol–water partition coefficient (Wildman–Crippen LogP) is 2.35. The number of aryl methyl sites for hydroxylation is 1.